The molecule has 1 heterocycles. The SMILES string of the molecule is CC(=C1CCC1)c1ccc(C(F)(F)F)c(F)c1.CCCC(CCC(C)CC)c1cc(NCCNC)on1. The number of hydrogen-bond donors (Lipinski definition) is 2. The minimum atomic E-state index is -4.62. The molecule has 2 atom stereocenters. The fourth-order valence-electron chi connectivity index (χ4n) is 4.26. The Morgan fingerprint density at radius 1 is 1.08 bits per heavy atom. The summed E-state index contributed by atoms with van der Waals surface area (Å²) in [5.74, 6) is 0.932. The van der Waals surface area contributed by atoms with Crippen LogP contribution < -0.4 is 10.6 Å². The number of aromatic nitrogens is 1. The van der Waals surface area contributed by atoms with Crippen molar-refractivity contribution in [2.75, 3.05) is 25.5 Å². The van der Waals surface area contributed by atoms with Crippen molar-refractivity contribution in [2.45, 2.75) is 91.2 Å². The number of nitrogens with one attached hydrogen (secondary N) is 2. The van der Waals surface area contributed by atoms with E-state index < -0.39 is 17.6 Å². The summed E-state index contributed by atoms with van der Waals surface area (Å²) in [6, 6.07) is 5.20. The number of rotatable bonds is 12. The molecular weight excluding hydrogens is 482 g/mol. The van der Waals surface area contributed by atoms with E-state index in [4.69, 9.17) is 4.52 Å². The van der Waals surface area contributed by atoms with Crippen LogP contribution in [-0.2, 0) is 6.18 Å². The van der Waals surface area contributed by atoms with Crippen LogP contribution >= 0.6 is 0 Å². The Morgan fingerprint density at radius 2 is 1.81 bits per heavy atom. The van der Waals surface area contributed by atoms with Crippen LogP contribution in [0.15, 0.2) is 34.4 Å². The molecule has 0 saturated heterocycles. The summed E-state index contributed by atoms with van der Waals surface area (Å²) >= 11 is 0. The van der Waals surface area contributed by atoms with Crippen LogP contribution in [0, 0.1) is 11.7 Å². The molecule has 0 spiro atoms. The molecule has 0 bridgehead atoms. The molecule has 2 aromatic rings. The molecule has 0 aliphatic heterocycles. The monoisotopic (exact) mass is 525 g/mol. The van der Waals surface area contributed by atoms with Gasteiger partial charge in [0.1, 0.15) is 5.82 Å². The molecule has 0 radical (unpaired) electrons. The van der Waals surface area contributed by atoms with Gasteiger partial charge in [0, 0.05) is 25.1 Å². The van der Waals surface area contributed by atoms with Gasteiger partial charge in [-0.1, -0.05) is 56.8 Å². The number of anilines is 1. The van der Waals surface area contributed by atoms with Crippen molar-refractivity contribution in [3.63, 3.8) is 0 Å². The number of halogens is 4. The van der Waals surface area contributed by atoms with E-state index in [-0.39, 0.29) is 0 Å². The van der Waals surface area contributed by atoms with Crippen molar-refractivity contribution in [1.29, 1.82) is 0 Å². The predicted octanol–water partition coefficient (Wildman–Crippen LogP) is 8.82. The first kappa shape index (κ1) is 30.9. The van der Waals surface area contributed by atoms with Gasteiger partial charge in [0.2, 0.25) is 5.88 Å². The van der Waals surface area contributed by atoms with Crippen molar-refractivity contribution in [2.24, 2.45) is 5.92 Å². The lowest BCUT2D eigenvalue weighted by atomic mass is 9.86. The second-order valence-corrected chi connectivity index (χ2v) is 10.00. The number of allylic oxidation sites excluding steroid dienone is 2. The quantitative estimate of drug-likeness (QED) is 0.215. The van der Waals surface area contributed by atoms with Crippen LogP contribution in [0.25, 0.3) is 5.57 Å². The first-order valence-electron chi connectivity index (χ1n) is 13.5. The van der Waals surface area contributed by atoms with Crippen molar-refractivity contribution in [1.82, 2.24) is 10.5 Å². The normalized spacial score (nSPS) is 14.9. The maximum absolute atomic E-state index is 13.3. The zero-order valence-corrected chi connectivity index (χ0v) is 22.9. The third-order valence-corrected chi connectivity index (χ3v) is 7.16. The summed E-state index contributed by atoms with van der Waals surface area (Å²) in [5.41, 5.74) is 2.58. The van der Waals surface area contributed by atoms with Crippen LogP contribution in [0.4, 0.5) is 23.4 Å². The van der Waals surface area contributed by atoms with E-state index in [1.54, 1.807) is 0 Å². The fourth-order valence-corrected chi connectivity index (χ4v) is 4.26. The van der Waals surface area contributed by atoms with Gasteiger partial charge in [0.25, 0.3) is 0 Å². The van der Waals surface area contributed by atoms with Gasteiger partial charge in [-0.25, -0.2) is 4.39 Å². The lowest BCUT2D eigenvalue weighted by molar-refractivity contribution is -0.140. The summed E-state index contributed by atoms with van der Waals surface area (Å²) in [5, 5.41) is 10.6. The Balaban J connectivity index is 0.000000263. The molecular formula is C29H43F4N3O. The Bertz CT molecular complexity index is 978. The summed E-state index contributed by atoms with van der Waals surface area (Å²) < 4.78 is 55.8. The van der Waals surface area contributed by atoms with E-state index in [2.05, 4.69) is 42.6 Å². The molecule has 1 fully saturated rings. The average molecular weight is 526 g/mol. The van der Waals surface area contributed by atoms with Crippen LogP contribution in [-0.4, -0.2) is 25.3 Å². The highest BCUT2D eigenvalue weighted by Gasteiger charge is 2.34. The molecule has 2 N–H and O–H groups in total. The topological polar surface area (TPSA) is 50.1 Å². The molecule has 1 aromatic heterocycles. The van der Waals surface area contributed by atoms with Crippen molar-refractivity contribution in [3.05, 3.63) is 52.5 Å². The molecule has 3 rings (SSSR count). The highest BCUT2D eigenvalue weighted by molar-refractivity contribution is 5.68. The van der Waals surface area contributed by atoms with Gasteiger partial charge in [0.15, 0.2) is 0 Å². The molecule has 1 aliphatic carbocycles. The highest BCUT2D eigenvalue weighted by Crippen LogP contribution is 2.36. The van der Waals surface area contributed by atoms with Gasteiger partial charge in [-0.05, 0) is 75.3 Å². The van der Waals surface area contributed by atoms with E-state index in [1.165, 1.54) is 43.7 Å². The van der Waals surface area contributed by atoms with Gasteiger partial charge in [-0.2, -0.15) is 13.2 Å². The number of alkyl halides is 3. The summed E-state index contributed by atoms with van der Waals surface area (Å²) in [6.45, 7) is 10.4. The summed E-state index contributed by atoms with van der Waals surface area (Å²) in [7, 11) is 1.94. The predicted molar refractivity (Wildman–Crippen MR) is 143 cm³/mol. The van der Waals surface area contributed by atoms with E-state index in [1.807, 2.05) is 14.0 Å². The second-order valence-electron chi connectivity index (χ2n) is 10.00. The number of benzene rings is 1. The molecule has 208 valence electrons. The summed E-state index contributed by atoms with van der Waals surface area (Å²) in [4.78, 5) is 0. The van der Waals surface area contributed by atoms with Gasteiger partial charge < -0.3 is 15.2 Å². The molecule has 1 aromatic carbocycles. The van der Waals surface area contributed by atoms with E-state index in [0.29, 0.717) is 11.5 Å². The average Bonchev–Trinajstić information content (AvgIpc) is 3.29. The minimum Gasteiger partial charge on any atom is -0.353 e. The van der Waals surface area contributed by atoms with Crippen molar-refractivity contribution >= 4 is 11.5 Å². The molecule has 37 heavy (non-hydrogen) atoms. The van der Waals surface area contributed by atoms with E-state index >= 15 is 0 Å². The number of likely N-dealkylation sites (N-methyl/N-ethyl adjacent to an activating group) is 1. The standard InChI is InChI=1S/C16H31N3O.C13H12F4/c1-5-7-14(9-8-13(3)6-2)15-12-16(20-19-15)18-11-10-17-4;1-8(9-3-2-4-9)10-5-6-11(12(14)7-10)13(15,16)17/h12-14,17-18H,5-11H2,1-4H3;5-7H,2-4H2,1H3. The third kappa shape index (κ3) is 9.80. The molecule has 1 aliphatic rings. The van der Waals surface area contributed by atoms with Crippen molar-refractivity contribution < 1.29 is 22.1 Å². The Kier molecular flexibility index (Phi) is 12.6. The zero-order chi connectivity index (χ0) is 27.4. The fraction of sp³-hybridized carbons (Fsp3) is 0.621. The first-order valence-corrected chi connectivity index (χ1v) is 13.5. The highest BCUT2D eigenvalue weighted by atomic mass is 19.4. The van der Waals surface area contributed by atoms with Gasteiger partial charge in [-0.3, -0.25) is 0 Å². The van der Waals surface area contributed by atoms with Crippen molar-refractivity contribution in [3.8, 4) is 0 Å². The van der Waals surface area contributed by atoms with Crippen LogP contribution in [0.3, 0.4) is 0 Å². The van der Waals surface area contributed by atoms with Crippen LogP contribution in [0.2, 0.25) is 0 Å². The van der Waals surface area contributed by atoms with Gasteiger partial charge in [0.05, 0.1) is 11.3 Å². The zero-order valence-electron chi connectivity index (χ0n) is 22.9. The van der Waals surface area contributed by atoms with E-state index in [0.717, 1.165) is 67.6 Å². The second kappa shape index (κ2) is 15.2. The van der Waals surface area contributed by atoms with Gasteiger partial charge >= 0.3 is 6.18 Å². The molecule has 1 saturated carbocycles. The third-order valence-electron chi connectivity index (χ3n) is 7.16. The minimum absolute atomic E-state index is 0.539. The largest absolute Gasteiger partial charge is 0.419 e. The Hall–Kier alpha value is -2.35. The summed E-state index contributed by atoms with van der Waals surface area (Å²) in [6.07, 6.45) is 4.55. The maximum Gasteiger partial charge on any atom is 0.419 e. The van der Waals surface area contributed by atoms with Crippen LogP contribution in [0.5, 0.6) is 0 Å². The first-order chi connectivity index (χ1) is 17.6. The molecule has 0 amide bonds. The Labute approximate surface area is 219 Å². The molecule has 4 nitrogen and oxygen atoms in total. The van der Waals surface area contributed by atoms with E-state index in [9.17, 15) is 17.6 Å². The number of nitrogens with zero attached hydrogens (tertiary/aromatic N) is 1. The smallest absolute Gasteiger partial charge is 0.353 e. The van der Waals surface area contributed by atoms with Gasteiger partial charge in [-0.15, -0.1) is 0 Å². The molecule has 8 heteroatoms. The maximum atomic E-state index is 13.3. The lowest BCUT2D eigenvalue weighted by Gasteiger charge is -2.20. The van der Waals surface area contributed by atoms with Crippen LogP contribution in [0.1, 0.15) is 102 Å². The Morgan fingerprint density at radius 3 is 2.35 bits per heavy atom. The number of hydrogen-bond acceptors (Lipinski definition) is 4. The molecule has 2 unspecified atom stereocenters. The lowest BCUT2D eigenvalue weighted by Crippen LogP contribution is -2.17.